The Kier molecular flexibility index (Phi) is 68.5. The third kappa shape index (κ3) is 75.2. The molecule has 0 aromatic carbocycles. The molecule has 0 amide bonds. The summed E-state index contributed by atoms with van der Waals surface area (Å²) in [5.74, 6) is -0.847. The van der Waals surface area contributed by atoms with Crippen LogP contribution in [-0.2, 0) is 32.7 Å². The van der Waals surface area contributed by atoms with E-state index in [0.29, 0.717) is 17.4 Å². The molecule has 0 aromatic heterocycles. The van der Waals surface area contributed by atoms with E-state index >= 15 is 0 Å². The number of nitrogens with zero attached hydrogens (tertiary/aromatic N) is 1. The summed E-state index contributed by atoms with van der Waals surface area (Å²) in [6, 6.07) is 0. The number of carbonyl (C=O) groups is 2. The Bertz CT molecular complexity index is 2020. The van der Waals surface area contributed by atoms with Crippen LogP contribution in [0.2, 0.25) is 0 Å². The van der Waals surface area contributed by atoms with E-state index in [1.807, 2.05) is 21.1 Å². The quantitative estimate of drug-likeness (QED) is 0.0195. The van der Waals surface area contributed by atoms with Gasteiger partial charge in [-0.3, -0.25) is 14.2 Å². The average Bonchev–Trinajstić information content (AvgIpc) is 2.14. The van der Waals surface area contributed by atoms with E-state index in [1.54, 1.807) is 0 Å². The number of likely N-dealkylation sites (N-methyl/N-ethyl adjacent to an activating group) is 1. The van der Waals surface area contributed by atoms with Crippen LogP contribution >= 0.6 is 7.82 Å². The van der Waals surface area contributed by atoms with E-state index < -0.39 is 26.5 Å². The lowest BCUT2D eigenvalue weighted by molar-refractivity contribution is -0.870. The number of unbranched alkanes of at least 4 members (excludes halogenated alkanes) is 33. The molecule has 0 aliphatic heterocycles. The summed E-state index contributed by atoms with van der Waals surface area (Å²) in [6.07, 6.45) is 104. The summed E-state index contributed by atoms with van der Waals surface area (Å²) < 4.78 is 34.3. The molecule has 0 heterocycles. The minimum absolute atomic E-state index is 0.0392. The van der Waals surface area contributed by atoms with Gasteiger partial charge in [-0.1, -0.05) is 327 Å². The summed E-state index contributed by atoms with van der Waals surface area (Å²) in [5, 5.41) is 0. The molecule has 0 fully saturated rings. The van der Waals surface area contributed by atoms with Crippen molar-refractivity contribution in [3.8, 4) is 0 Å². The third-order valence-corrected chi connectivity index (χ3v) is 17.1. The molecule has 0 aromatic rings. The van der Waals surface area contributed by atoms with Gasteiger partial charge >= 0.3 is 11.9 Å². The van der Waals surface area contributed by atoms with Crippen molar-refractivity contribution >= 4 is 19.8 Å². The van der Waals surface area contributed by atoms with Gasteiger partial charge in [-0.2, -0.15) is 0 Å². The molecule has 10 heteroatoms. The predicted molar refractivity (Wildman–Crippen MR) is 397 cm³/mol. The largest absolute Gasteiger partial charge is 0.756 e. The highest BCUT2D eigenvalue weighted by molar-refractivity contribution is 7.45. The first-order chi connectivity index (χ1) is 45.0. The van der Waals surface area contributed by atoms with Crippen molar-refractivity contribution in [1.29, 1.82) is 0 Å². The Morgan fingerprint density at radius 3 is 0.924 bits per heavy atom. The zero-order valence-corrected chi connectivity index (χ0v) is 61.1. The Balaban J connectivity index is 4.04. The monoisotopic (exact) mass is 1300 g/mol. The van der Waals surface area contributed by atoms with Crippen LogP contribution in [0.5, 0.6) is 0 Å². The fourth-order valence-corrected chi connectivity index (χ4v) is 11.1. The maximum atomic E-state index is 12.9. The molecule has 0 spiro atoms. The van der Waals surface area contributed by atoms with Gasteiger partial charge in [0.2, 0.25) is 0 Å². The molecule has 2 unspecified atom stereocenters. The number of hydrogen-bond acceptors (Lipinski definition) is 8. The fourth-order valence-electron chi connectivity index (χ4n) is 10.4. The van der Waals surface area contributed by atoms with Crippen molar-refractivity contribution in [3.05, 3.63) is 134 Å². The molecule has 0 saturated carbocycles. The van der Waals surface area contributed by atoms with Crippen LogP contribution in [0, 0.1) is 0 Å². The molecule has 9 nitrogen and oxygen atoms in total. The zero-order valence-electron chi connectivity index (χ0n) is 60.2. The first-order valence-electron chi connectivity index (χ1n) is 37.9. The number of hydrogen-bond donors (Lipinski definition) is 0. The van der Waals surface area contributed by atoms with Gasteiger partial charge in [0, 0.05) is 12.8 Å². The molecular formula is C82H142NO8P. The number of allylic oxidation sites excluding steroid dienone is 22. The number of rotatable bonds is 69. The topological polar surface area (TPSA) is 111 Å². The van der Waals surface area contributed by atoms with Crippen molar-refractivity contribution in [2.24, 2.45) is 0 Å². The van der Waals surface area contributed by atoms with Crippen LogP contribution in [0.3, 0.4) is 0 Å². The van der Waals surface area contributed by atoms with Gasteiger partial charge in [0.15, 0.2) is 6.10 Å². The van der Waals surface area contributed by atoms with Gasteiger partial charge in [0.1, 0.15) is 19.8 Å². The maximum Gasteiger partial charge on any atom is 0.306 e. The van der Waals surface area contributed by atoms with Crippen LogP contribution in [0.1, 0.15) is 322 Å². The van der Waals surface area contributed by atoms with Gasteiger partial charge in [-0.15, -0.1) is 0 Å². The molecule has 2 atom stereocenters. The smallest absolute Gasteiger partial charge is 0.306 e. The molecule has 0 bridgehead atoms. The van der Waals surface area contributed by atoms with E-state index in [9.17, 15) is 19.0 Å². The average molecular weight is 1300 g/mol. The summed E-state index contributed by atoms with van der Waals surface area (Å²) >= 11 is 0. The second-order valence-electron chi connectivity index (χ2n) is 26.3. The number of phosphoric acid groups is 1. The van der Waals surface area contributed by atoms with E-state index in [0.717, 1.165) is 122 Å². The lowest BCUT2D eigenvalue weighted by Gasteiger charge is -2.28. The van der Waals surface area contributed by atoms with Crippen molar-refractivity contribution in [2.75, 3.05) is 47.5 Å². The fraction of sp³-hybridized carbons (Fsp3) is 0.707. The minimum Gasteiger partial charge on any atom is -0.756 e. The maximum absolute atomic E-state index is 12.9. The van der Waals surface area contributed by atoms with Gasteiger partial charge in [-0.25, -0.2) is 0 Å². The van der Waals surface area contributed by atoms with Crippen molar-refractivity contribution < 1.29 is 42.1 Å². The van der Waals surface area contributed by atoms with Crippen molar-refractivity contribution in [2.45, 2.75) is 328 Å². The molecule has 0 rings (SSSR count). The number of ether oxygens (including phenoxy) is 2. The lowest BCUT2D eigenvalue weighted by Crippen LogP contribution is -2.37. The van der Waals surface area contributed by atoms with E-state index in [1.165, 1.54) is 167 Å². The molecule has 0 radical (unpaired) electrons. The Labute approximate surface area is 568 Å². The molecular weight excluding hydrogens is 1160 g/mol. The number of carbonyl (C=O) groups excluding carboxylic acids is 2. The summed E-state index contributed by atoms with van der Waals surface area (Å²) in [6.45, 7) is 4.11. The third-order valence-electron chi connectivity index (χ3n) is 16.2. The van der Waals surface area contributed by atoms with Crippen LogP contribution < -0.4 is 4.89 Å². The second-order valence-corrected chi connectivity index (χ2v) is 27.7. The highest BCUT2D eigenvalue weighted by Gasteiger charge is 2.22. The highest BCUT2D eigenvalue weighted by atomic mass is 31.2. The number of quaternary nitrogens is 1. The van der Waals surface area contributed by atoms with Crippen molar-refractivity contribution in [3.63, 3.8) is 0 Å². The first-order valence-corrected chi connectivity index (χ1v) is 39.4. The Morgan fingerprint density at radius 2 is 0.620 bits per heavy atom. The van der Waals surface area contributed by atoms with Crippen molar-refractivity contribution in [1.82, 2.24) is 0 Å². The number of phosphoric ester groups is 1. The zero-order chi connectivity index (χ0) is 66.9. The van der Waals surface area contributed by atoms with Gasteiger partial charge in [-0.05, 0) is 116 Å². The van der Waals surface area contributed by atoms with E-state index in [2.05, 4.69) is 148 Å². The molecule has 0 aliphatic carbocycles. The van der Waals surface area contributed by atoms with Crippen LogP contribution in [0.15, 0.2) is 134 Å². The van der Waals surface area contributed by atoms with Gasteiger partial charge in [0.05, 0.1) is 27.7 Å². The molecule has 528 valence electrons. The van der Waals surface area contributed by atoms with Crippen LogP contribution in [0.25, 0.3) is 0 Å². The molecule has 0 saturated heterocycles. The SMILES string of the molecule is CC/C=C\C/C=C\C/C=C\C/C=C\C/C=C\C/C=C\C/C=C\C/C=C\CCCCCCCCC(=O)OC(COC(=O)CCCCCCCCCCCCCCCCCCCCCCCC/C=C\C/C=C\C/C=C\CCCCCCC)COP(=O)([O-])OCC[N+](C)(C)C. The van der Waals surface area contributed by atoms with Crippen LogP contribution in [0.4, 0.5) is 0 Å². The normalized spacial score (nSPS) is 13.8. The van der Waals surface area contributed by atoms with Gasteiger partial charge in [0.25, 0.3) is 7.82 Å². The van der Waals surface area contributed by atoms with Crippen LogP contribution in [-0.4, -0.2) is 70.0 Å². The number of esters is 2. The highest BCUT2D eigenvalue weighted by Crippen LogP contribution is 2.38. The summed E-state index contributed by atoms with van der Waals surface area (Å²) in [5.41, 5.74) is 0. The molecule has 92 heavy (non-hydrogen) atoms. The standard InChI is InChI=1S/C82H142NO8P/c1-6-8-10-12-14-16-18-20-22-24-26-28-30-32-34-36-38-39-40-41-42-43-45-46-48-50-52-54-56-58-60-62-64-66-68-70-72-74-81(84)88-78-80(79-90-92(86,87)89-77-76-83(3,4)5)91-82(85)75-73-71-69-67-65-63-61-59-57-55-53-51-49-47-44-37-35-33-31-29-27-25-23-21-19-17-15-13-11-9-7-2/h9,11,15,17-18,20-21,23-24,26-27,29-30,32-33,35,44,47,51,53,57,59,80H,6-8,10,12-14,16,19,22,25,28,31,34,36-43,45-46,48-50,52,54-56,58,60-79H2,1-5H3/b11-9-,17-15-,20-18-,23-21-,26-24-,29-27-,32-30-,35-33-,47-44-,53-51-,59-57-. The summed E-state index contributed by atoms with van der Waals surface area (Å²) in [7, 11) is 1.15. The predicted octanol–water partition coefficient (Wildman–Crippen LogP) is 24.5. The first kappa shape index (κ1) is 88.2. The lowest BCUT2D eigenvalue weighted by atomic mass is 10.0. The molecule has 0 aliphatic rings. The Hall–Kier alpha value is -3.85. The second kappa shape index (κ2) is 71.4. The van der Waals surface area contributed by atoms with E-state index in [-0.39, 0.29) is 32.0 Å². The minimum atomic E-state index is -4.66. The summed E-state index contributed by atoms with van der Waals surface area (Å²) in [4.78, 5) is 38.1. The van der Waals surface area contributed by atoms with Gasteiger partial charge < -0.3 is 27.9 Å². The Morgan fingerprint density at radius 1 is 0.348 bits per heavy atom. The molecule has 0 N–H and O–H groups in total. The van der Waals surface area contributed by atoms with E-state index in [4.69, 9.17) is 18.5 Å².